The second-order valence-corrected chi connectivity index (χ2v) is 7.46. The van der Waals surface area contributed by atoms with Gasteiger partial charge in [-0.15, -0.1) is 0 Å². The maximum absolute atomic E-state index is 12.1. The van der Waals surface area contributed by atoms with Crippen LogP contribution in [0.5, 0.6) is 0 Å². The zero-order valence-electron chi connectivity index (χ0n) is 15.5. The summed E-state index contributed by atoms with van der Waals surface area (Å²) in [5.74, 6) is 0.528. The van der Waals surface area contributed by atoms with Crippen molar-refractivity contribution in [1.29, 1.82) is 0 Å². The molecule has 3 heterocycles. The van der Waals surface area contributed by atoms with E-state index in [4.69, 9.17) is 5.10 Å². The first kappa shape index (κ1) is 17.0. The van der Waals surface area contributed by atoms with Gasteiger partial charge in [0.15, 0.2) is 0 Å². The van der Waals surface area contributed by atoms with Gasteiger partial charge in [0.1, 0.15) is 0 Å². The summed E-state index contributed by atoms with van der Waals surface area (Å²) < 4.78 is 2.12. The number of benzene rings is 1. The Balaban J connectivity index is 1.71. The highest BCUT2D eigenvalue weighted by Crippen LogP contribution is 2.32. The van der Waals surface area contributed by atoms with Crippen LogP contribution in [-0.4, -0.2) is 40.2 Å². The van der Waals surface area contributed by atoms with Gasteiger partial charge in [-0.1, -0.05) is 32.6 Å². The van der Waals surface area contributed by atoms with E-state index in [1.807, 2.05) is 4.90 Å². The zero-order chi connectivity index (χ0) is 18.3. The summed E-state index contributed by atoms with van der Waals surface area (Å²) in [6.07, 6.45) is 3.15. The van der Waals surface area contributed by atoms with Crippen LogP contribution < -0.4 is 5.32 Å². The molecule has 2 aliphatic rings. The molecular formula is C21H26N4O. The van der Waals surface area contributed by atoms with Crippen LogP contribution in [0, 0.1) is 0 Å². The van der Waals surface area contributed by atoms with Gasteiger partial charge in [0.05, 0.1) is 23.1 Å². The molecule has 0 spiro atoms. The number of hydrogen-bond acceptors (Lipinski definition) is 3. The molecule has 0 saturated carbocycles. The molecule has 1 N–H and O–H groups in total. The van der Waals surface area contributed by atoms with Crippen molar-refractivity contribution >= 4 is 5.91 Å². The van der Waals surface area contributed by atoms with E-state index in [1.54, 1.807) is 0 Å². The third-order valence-corrected chi connectivity index (χ3v) is 5.51. The number of carbonyl (C=O) groups is 1. The van der Waals surface area contributed by atoms with Crippen molar-refractivity contribution in [3.05, 3.63) is 59.4 Å². The van der Waals surface area contributed by atoms with Gasteiger partial charge in [-0.2, -0.15) is 5.10 Å². The number of rotatable bonds is 3. The zero-order valence-corrected chi connectivity index (χ0v) is 15.5. The van der Waals surface area contributed by atoms with Crippen LogP contribution in [-0.2, 0) is 17.6 Å². The monoisotopic (exact) mass is 350 g/mol. The first-order valence-electron chi connectivity index (χ1n) is 9.44. The molecule has 0 aliphatic carbocycles. The molecule has 136 valence electrons. The van der Waals surface area contributed by atoms with Crippen LogP contribution in [0.4, 0.5) is 0 Å². The van der Waals surface area contributed by atoms with Crippen molar-refractivity contribution in [2.45, 2.75) is 38.6 Å². The predicted octanol–water partition coefficient (Wildman–Crippen LogP) is 2.75. The average molecular weight is 350 g/mol. The normalized spacial score (nSPS) is 19.2. The van der Waals surface area contributed by atoms with Gasteiger partial charge in [-0.3, -0.25) is 4.79 Å². The van der Waals surface area contributed by atoms with Crippen molar-refractivity contribution < 1.29 is 4.79 Å². The Morgan fingerprint density at radius 1 is 1.31 bits per heavy atom. The van der Waals surface area contributed by atoms with Crippen molar-refractivity contribution in [3.8, 4) is 5.69 Å². The summed E-state index contributed by atoms with van der Waals surface area (Å²) in [6.45, 7) is 10.3. The van der Waals surface area contributed by atoms with Crippen LogP contribution in [0.15, 0.2) is 36.9 Å². The highest BCUT2D eigenvalue weighted by molar-refractivity contribution is 5.87. The minimum absolute atomic E-state index is 0.00114. The van der Waals surface area contributed by atoms with Crippen LogP contribution in [0.25, 0.3) is 5.69 Å². The van der Waals surface area contributed by atoms with Crippen molar-refractivity contribution in [2.24, 2.45) is 0 Å². The number of hydrogen-bond donors (Lipinski definition) is 1. The SMILES string of the molecule is C=CC(=O)N1CCc2nn(-c3ccc(C(C)C)cc3)c3c2[C@H](C1)NCC3. The molecule has 1 atom stereocenters. The molecular weight excluding hydrogens is 324 g/mol. The van der Waals surface area contributed by atoms with Crippen molar-refractivity contribution in [2.75, 3.05) is 19.6 Å². The summed E-state index contributed by atoms with van der Waals surface area (Å²) in [6, 6.07) is 8.89. The smallest absolute Gasteiger partial charge is 0.246 e. The predicted molar refractivity (Wildman–Crippen MR) is 103 cm³/mol. The lowest BCUT2D eigenvalue weighted by molar-refractivity contribution is -0.126. The molecule has 0 unspecified atom stereocenters. The van der Waals surface area contributed by atoms with E-state index in [-0.39, 0.29) is 11.9 Å². The number of nitrogens with zero attached hydrogens (tertiary/aromatic N) is 3. The van der Waals surface area contributed by atoms with Gasteiger partial charge < -0.3 is 10.2 Å². The van der Waals surface area contributed by atoms with Crippen LogP contribution in [0.2, 0.25) is 0 Å². The number of carbonyl (C=O) groups excluding carboxylic acids is 1. The second kappa shape index (κ2) is 6.72. The van der Waals surface area contributed by atoms with Gasteiger partial charge in [-0.25, -0.2) is 4.68 Å². The molecule has 4 rings (SSSR count). The Hall–Kier alpha value is -2.40. The van der Waals surface area contributed by atoms with Crippen LogP contribution in [0.3, 0.4) is 0 Å². The summed E-state index contributed by atoms with van der Waals surface area (Å²) in [7, 11) is 0. The van der Waals surface area contributed by atoms with Gasteiger partial charge in [0, 0.05) is 38.0 Å². The van der Waals surface area contributed by atoms with E-state index >= 15 is 0 Å². The second-order valence-electron chi connectivity index (χ2n) is 7.46. The molecule has 0 radical (unpaired) electrons. The van der Waals surface area contributed by atoms with Gasteiger partial charge in [-0.05, 0) is 29.7 Å². The Morgan fingerprint density at radius 2 is 2.08 bits per heavy atom. The van der Waals surface area contributed by atoms with Crippen LogP contribution >= 0.6 is 0 Å². The Labute approximate surface area is 154 Å². The van der Waals surface area contributed by atoms with E-state index in [0.29, 0.717) is 19.0 Å². The fourth-order valence-electron chi connectivity index (χ4n) is 4.06. The van der Waals surface area contributed by atoms with E-state index < -0.39 is 0 Å². The van der Waals surface area contributed by atoms with Gasteiger partial charge in [0.2, 0.25) is 5.91 Å². The first-order valence-corrected chi connectivity index (χ1v) is 9.44. The third kappa shape index (κ3) is 2.86. The maximum Gasteiger partial charge on any atom is 0.246 e. The Kier molecular flexibility index (Phi) is 4.41. The minimum Gasteiger partial charge on any atom is -0.337 e. The molecule has 2 aliphatic heterocycles. The topological polar surface area (TPSA) is 50.2 Å². The molecule has 1 aromatic heterocycles. The molecule has 5 nitrogen and oxygen atoms in total. The number of aromatic nitrogens is 2. The molecule has 0 saturated heterocycles. The molecule has 1 amide bonds. The quantitative estimate of drug-likeness (QED) is 0.866. The number of nitrogens with one attached hydrogen (secondary N) is 1. The lowest BCUT2D eigenvalue weighted by Gasteiger charge is -2.28. The molecule has 5 heteroatoms. The molecule has 0 bridgehead atoms. The van der Waals surface area contributed by atoms with Crippen molar-refractivity contribution in [3.63, 3.8) is 0 Å². The summed E-state index contributed by atoms with van der Waals surface area (Å²) in [5.41, 5.74) is 6.16. The molecule has 1 aromatic carbocycles. The van der Waals surface area contributed by atoms with Gasteiger partial charge >= 0.3 is 0 Å². The summed E-state index contributed by atoms with van der Waals surface area (Å²) in [5, 5.41) is 8.52. The summed E-state index contributed by atoms with van der Waals surface area (Å²) >= 11 is 0. The Bertz CT molecular complexity index is 834. The largest absolute Gasteiger partial charge is 0.337 e. The highest BCUT2D eigenvalue weighted by atomic mass is 16.2. The average Bonchev–Trinajstić information content (AvgIpc) is 2.93. The van der Waals surface area contributed by atoms with E-state index in [1.165, 1.54) is 22.9 Å². The fraction of sp³-hybridized carbons (Fsp3) is 0.429. The highest BCUT2D eigenvalue weighted by Gasteiger charge is 2.33. The Morgan fingerprint density at radius 3 is 2.77 bits per heavy atom. The number of amides is 1. The fourth-order valence-corrected chi connectivity index (χ4v) is 4.06. The van der Waals surface area contributed by atoms with Crippen LogP contribution in [0.1, 0.15) is 48.3 Å². The maximum atomic E-state index is 12.1. The van der Waals surface area contributed by atoms with E-state index in [9.17, 15) is 4.79 Å². The minimum atomic E-state index is 0.00114. The van der Waals surface area contributed by atoms with E-state index in [0.717, 1.165) is 30.8 Å². The molecule has 26 heavy (non-hydrogen) atoms. The standard InChI is InChI=1S/C21H26N4O/c1-4-20(26)24-12-10-17-21-18(13-24)22-11-9-19(21)25(23-17)16-7-5-15(6-8-16)14(2)3/h4-8,14,18,22H,1,9-13H2,2-3H3/t18-/m0/s1. The van der Waals surface area contributed by atoms with E-state index in [2.05, 4.69) is 54.7 Å². The lowest BCUT2D eigenvalue weighted by atomic mass is 9.98. The van der Waals surface area contributed by atoms with Gasteiger partial charge in [0.25, 0.3) is 0 Å². The molecule has 0 fully saturated rings. The first-order chi connectivity index (χ1) is 12.6. The van der Waals surface area contributed by atoms with Crippen molar-refractivity contribution in [1.82, 2.24) is 20.0 Å². The lowest BCUT2D eigenvalue weighted by Crippen LogP contribution is -2.40. The third-order valence-electron chi connectivity index (χ3n) is 5.51. The molecule has 2 aromatic rings. The summed E-state index contributed by atoms with van der Waals surface area (Å²) in [4.78, 5) is 14.0.